The number of halogens is 1. The van der Waals surface area contributed by atoms with Gasteiger partial charge in [-0.05, 0) is 81.8 Å². The zero-order chi connectivity index (χ0) is 36.1. The molecular weight excluding hydrogens is 649 g/mol. The van der Waals surface area contributed by atoms with Crippen molar-refractivity contribution in [2.75, 3.05) is 22.1 Å². The van der Waals surface area contributed by atoms with Gasteiger partial charge in [0.2, 0.25) is 0 Å². The molecule has 2 aliphatic rings. The van der Waals surface area contributed by atoms with E-state index < -0.39 is 38.0 Å². The van der Waals surface area contributed by atoms with E-state index in [0.29, 0.717) is 60.1 Å². The molecule has 264 valence electrons. The molecule has 3 amide bonds. The van der Waals surface area contributed by atoms with Crippen LogP contribution in [-0.4, -0.2) is 66.0 Å². The number of anilines is 3. The van der Waals surface area contributed by atoms with Crippen molar-refractivity contribution in [2.45, 2.75) is 110 Å². The lowest BCUT2D eigenvalue weighted by Crippen LogP contribution is -2.49. The summed E-state index contributed by atoms with van der Waals surface area (Å²) in [5.41, 5.74) is 0.957. The smallest absolute Gasteiger partial charge is 0.413 e. The largest absolute Gasteiger partial charge is 0.465 e. The fraction of sp³-hybridized carbons (Fsp3) is 0.514. The van der Waals surface area contributed by atoms with Gasteiger partial charge < -0.3 is 19.0 Å². The number of amides is 3. The monoisotopic (exact) mass is 695 g/mol. The third kappa shape index (κ3) is 7.80. The van der Waals surface area contributed by atoms with E-state index in [9.17, 15) is 19.5 Å². The van der Waals surface area contributed by atoms with E-state index in [4.69, 9.17) is 13.9 Å². The van der Waals surface area contributed by atoms with Crippen LogP contribution in [0.2, 0.25) is 18.1 Å². The Morgan fingerprint density at radius 3 is 2.31 bits per heavy atom. The highest BCUT2D eigenvalue weighted by atomic mass is 28.4. The van der Waals surface area contributed by atoms with Crippen molar-refractivity contribution in [2.24, 2.45) is 0 Å². The number of ether oxygens (including phenoxy) is 2. The van der Waals surface area contributed by atoms with E-state index in [2.05, 4.69) is 54.5 Å². The van der Waals surface area contributed by atoms with Gasteiger partial charge in [-0.1, -0.05) is 20.8 Å². The number of fused-ring (bicyclic) bond motifs is 2. The Kier molecular flexibility index (Phi) is 9.69. The lowest BCUT2D eigenvalue weighted by atomic mass is 9.92. The third-order valence-electron chi connectivity index (χ3n) is 9.38. The molecule has 1 aliphatic heterocycles. The average molecular weight is 696 g/mol. The van der Waals surface area contributed by atoms with Crippen LogP contribution in [0.3, 0.4) is 0 Å². The fourth-order valence-electron chi connectivity index (χ4n) is 5.82. The van der Waals surface area contributed by atoms with E-state index in [-0.39, 0.29) is 39.7 Å². The van der Waals surface area contributed by atoms with Crippen LogP contribution in [0, 0.1) is 12.7 Å². The highest BCUT2D eigenvalue weighted by Gasteiger charge is 2.43. The zero-order valence-corrected chi connectivity index (χ0v) is 30.6. The minimum Gasteiger partial charge on any atom is -0.465 e. The summed E-state index contributed by atoms with van der Waals surface area (Å²) < 4.78 is 33.9. The first-order valence-corrected chi connectivity index (χ1v) is 19.4. The SMILES string of the molecule is Cc1c(-c2cc3cc(NC(=O)OC4CC(O[Si](C)(C)C(C)(C)C)C4)ncc3c(NC(=O)OC(C)(C)C)c2F)cnc2c1N(C(=O)O)CCC2. The first-order chi connectivity index (χ1) is 22.7. The molecular formula is C35H46FN5O7Si. The summed E-state index contributed by atoms with van der Waals surface area (Å²) in [6.07, 6.45) is 2.39. The van der Waals surface area contributed by atoms with Crippen molar-refractivity contribution in [1.29, 1.82) is 0 Å². The fourth-order valence-corrected chi connectivity index (χ4v) is 7.20. The lowest BCUT2D eigenvalue weighted by molar-refractivity contribution is -0.0243. The van der Waals surface area contributed by atoms with Gasteiger partial charge in [0, 0.05) is 48.3 Å². The van der Waals surface area contributed by atoms with Crippen LogP contribution in [0.15, 0.2) is 24.5 Å². The van der Waals surface area contributed by atoms with E-state index >= 15 is 4.39 Å². The Bertz CT molecular complexity index is 1800. The number of rotatable bonds is 6. The van der Waals surface area contributed by atoms with Crippen LogP contribution < -0.4 is 15.5 Å². The minimum atomic E-state index is -1.93. The number of aryl methyl sites for hydroxylation is 1. The molecule has 0 bridgehead atoms. The Labute approximate surface area is 286 Å². The van der Waals surface area contributed by atoms with Gasteiger partial charge in [-0.3, -0.25) is 20.5 Å². The van der Waals surface area contributed by atoms with Crippen LogP contribution in [0.1, 0.15) is 72.1 Å². The topological polar surface area (TPSA) is 152 Å². The molecule has 5 rings (SSSR count). The highest BCUT2D eigenvalue weighted by molar-refractivity contribution is 6.74. The number of nitrogens with zero attached hydrogens (tertiary/aromatic N) is 3. The summed E-state index contributed by atoms with van der Waals surface area (Å²) in [6, 6.07) is 3.11. The molecule has 2 aromatic heterocycles. The molecule has 12 nitrogen and oxygen atoms in total. The number of hydrogen-bond donors (Lipinski definition) is 3. The second-order valence-electron chi connectivity index (χ2n) is 15.3. The van der Waals surface area contributed by atoms with E-state index in [1.165, 1.54) is 17.3 Å². The quantitative estimate of drug-likeness (QED) is 0.215. The van der Waals surface area contributed by atoms with Crippen LogP contribution in [0.5, 0.6) is 0 Å². The maximum Gasteiger partial charge on any atom is 0.413 e. The summed E-state index contributed by atoms with van der Waals surface area (Å²) in [7, 11) is -1.93. The van der Waals surface area contributed by atoms with Crippen LogP contribution in [0.25, 0.3) is 21.9 Å². The second kappa shape index (κ2) is 13.2. The predicted octanol–water partition coefficient (Wildman–Crippen LogP) is 8.62. The van der Waals surface area contributed by atoms with Gasteiger partial charge in [-0.2, -0.15) is 0 Å². The van der Waals surface area contributed by atoms with Crippen molar-refractivity contribution in [3.05, 3.63) is 41.6 Å². The van der Waals surface area contributed by atoms with E-state index in [1.807, 2.05) is 0 Å². The molecule has 1 saturated carbocycles. The van der Waals surface area contributed by atoms with Gasteiger partial charge >= 0.3 is 18.3 Å². The Morgan fingerprint density at radius 1 is 0.980 bits per heavy atom. The molecule has 0 saturated heterocycles. The molecule has 0 atom stereocenters. The number of nitrogens with one attached hydrogen (secondary N) is 2. The van der Waals surface area contributed by atoms with Gasteiger partial charge in [0.15, 0.2) is 14.1 Å². The summed E-state index contributed by atoms with van der Waals surface area (Å²) in [5.74, 6) is -0.619. The van der Waals surface area contributed by atoms with Crippen molar-refractivity contribution in [3.63, 3.8) is 0 Å². The number of carbonyl (C=O) groups is 3. The number of aromatic nitrogens is 2. The molecule has 0 radical (unpaired) electrons. The Balaban J connectivity index is 1.45. The predicted molar refractivity (Wildman–Crippen MR) is 188 cm³/mol. The van der Waals surface area contributed by atoms with Gasteiger partial charge in [-0.25, -0.2) is 23.8 Å². The standard InChI is InChI=1S/C35H46FN5O7Si/c1-19-24(17-37-26-11-10-12-41(30(19)26)33(44)45)23-13-20-14-27(38-18-25(20)29(28(23)36)40-32(43)47-34(2,3)4)39-31(42)46-21-15-22(16-21)48-49(8,9)35(5,6)7/h13-14,17-18,21-22H,10-12,15-16H2,1-9H3,(H,40,43)(H,44,45)(H,38,39,42). The molecule has 0 spiro atoms. The van der Waals surface area contributed by atoms with Crippen LogP contribution in [0.4, 0.5) is 36.0 Å². The molecule has 1 fully saturated rings. The van der Waals surface area contributed by atoms with E-state index in [1.54, 1.807) is 39.8 Å². The zero-order valence-electron chi connectivity index (χ0n) is 29.6. The molecule has 1 aliphatic carbocycles. The molecule has 3 heterocycles. The molecule has 49 heavy (non-hydrogen) atoms. The number of benzene rings is 1. The molecule has 1 aromatic carbocycles. The van der Waals surface area contributed by atoms with Gasteiger partial charge in [-0.15, -0.1) is 0 Å². The summed E-state index contributed by atoms with van der Waals surface area (Å²) >= 11 is 0. The molecule has 14 heteroatoms. The van der Waals surface area contributed by atoms with E-state index in [0.717, 1.165) is 0 Å². The average Bonchev–Trinajstić information content (AvgIpc) is 2.95. The maximum absolute atomic E-state index is 16.5. The van der Waals surface area contributed by atoms with Crippen molar-refractivity contribution < 1.29 is 37.8 Å². The lowest BCUT2D eigenvalue weighted by Gasteiger charge is -2.44. The summed E-state index contributed by atoms with van der Waals surface area (Å²) in [4.78, 5) is 47.8. The molecule has 3 N–H and O–H groups in total. The third-order valence-corrected chi connectivity index (χ3v) is 13.9. The number of pyridine rings is 2. The van der Waals surface area contributed by atoms with Crippen molar-refractivity contribution in [1.82, 2.24) is 9.97 Å². The normalized spacial score (nSPS) is 18.0. The van der Waals surface area contributed by atoms with Crippen LogP contribution >= 0.6 is 0 Å². The first kappa shape index (κ1) is 36.0. The first-order valence-electron chi connectivity index (χ1n) is 16.5. The number of carbonyl (C=O) groups excluding carboxylic acids is 2. The Hall–Kier alpha value is -4.30. The number of carboxylic acid groups (broad SMARTS) is 1. The minimum absolute atomic E-state index is 0.0471. The Morgan fingerprint density at radius 2 is 1.67 bits per heavy atom. The van der Waals surface area contributed by atoms with Gasteiger partial charge in [0.25, 0.3) is 0 Å². The summed E-state index contributed by atoms with van der Waals surface area (Å²) in [6.45, 7) is 18.0. The van der Waals surface area contributed by atoms with Gasteiger partial charge in [0.1, 0.15) is 17.5 Å². The van der Waals surface area contributed by atoms with Crippen molar-refractivity contribution >= 4 is 54.6 Å². The van der Waals surface area contributed by atoms with Crippen LogP contribution in [-0.2, 0) is 20.3 Å². The highest BCUT2D eigenvalue weighted by Crippen LogP contribution is 2.42. The molecule has 0 unspecified atom stereocenters. The number of hydrogen-bond acceptors (Lipinski definition) is 8. The molecule has 3 aromatic rings. The maximum atomic E-state index is 16.5. The second-order valence-corrected chi connectivity index (χ2v) is 20.0. The van der Waals surface area contributed by atoms with Gasteiger partial charge in [0.05, 0.1) is 23.2 Å². The van der Waals surface area contributed by atoms with Crippen molar-refractivity contribution in [3.8, 4) is 11.1 Å². The summed E-state index contributed by atoms with van der Waals surface area (Å²) in [5, 5.41) is 15.8.